The first-order chi connectivity index (χ1) is 21.6. The summed E-state index contributed by atoms with van der Waals surface area (Å²) in [4.78, 5) is 0. The first-order valence-corrected chi connectivity index (χ1v) is 16.4. The van der Waals surface area contributed by atoms with Gasteiger partial charge in [0.25, 0.3) is 0 Å². The number of methoxy groups -OCH3 is 2. The molecule has 210 valence electrons. The predicted octanol–water partition coefficient (Wildman–Crippen LogP) is 12.2. The minimum atomic E-state index is 0.853. The van der Waals surface area contributed by atoms with Crippen molar-refractivity contribution in [2.24, 2.45) is 0 Å². The van der Waals surface area contributed by atoms with Crippen molar-refractivity contribution < 1.29 is 9.47 Å². The molecule has 0 radical (unpaired) electrons. The van der Waals surface area contributed by atoms with Crippen LogP contribution >= 0.6 is 38.5 Å². The molecule has 0 saturated carbocycles. The Hall–Kier alpha value is -4.13. The lowest BCUT2D eigenvalue weighted by Crippen LogP contribution is -1.89. The number of fused-ring (bicyclic) bond motifs is 6. The molecule has 0 aromatic heterocycles. The largest absolute Gasteiger partial charge is 0.497 e. The van der Waals surface area contributed by atoms with Crippen LogP contribution in [0.25, 0.3) is 86.9 Å². The van der Waals surface area contributed by atoms with Gasteiger partial charge in [-0.3, -0.25) is 0 Å². The van der Waals surface area contributed by atoms with E-state index < -0.39 is 0 Å². The molecule has 0 saturated heterocycles. The first kappa shape index (κ1) is 26.3. The number of benzene rings is 7. The van der Waals surface area contributed by atoms with Crippen molar-refractivity contribution in [2.45, 2.75) is 0 Å². The summed E-state index contributed by atoms with van der Waals surface area (Å²) >= 11 is 6.35. The molecule has 0 amide bonds. The van der Waals surface area contributed by atoms with E-state index in [1.807, 2.05) is 0 Å². The summed E-state index contributed by atoms with van der Waals surface area (Å²) in [5.41, 5.74) is 4.91. The van der Waals surface area contributed by atoms with Crippen LogP contribution in [-0.2, 0) is 0 Å². The molecule has 0 aliphatic carbocycles. The van der Waals surface area contributed by atoms with Crippen LogP contribution in [0.4, 0.5) is 0 Å². The zero-order valence-electron chi connectivity index (χ0n) is 24.0. The Bertz CT molecular complexity index is 2330. The second kappa shape index (κ2) is 9.68. The molecule has 2 nitrogen and oxygen atoms in total. The fraction of sp³-hybridized carbons (Fsp3) is 0.0500. The number of hydrogen-bond donors (Lipinski definition) is 0. The summed E-state index contributed by atoms with van der Waals surface area (Å²) < 4.78 is 13.6. The third kappa shape index (κ3) is 3.47. The Kier molecular flexibility index (Phi) is 5.79. The van der Waals surface area contributed by atoms with Gasteiger partial charge in [0, 0.05) is 8.04 Å². The maximum Gasteiger partial charge on any atom is 0.118 e. The van der Waals surface area contributed by atoms with Crippen molar-refractivity contribution in [3.63, 3.8) is 0 Å². The molecule has 0 spiro atoms. The highest BCUT2D eigenvalue weighted by Gasteiger charge is 2.27. The molecule has 9 rings (SSSR count). The van der Waals surface area contributed by atoms with Crippen molar-refractivity contribution in [3.05, 3.63) is 117 Å². The maximum atomic E-state index is 5.59. The lowest BCUT2D eigenvalue weighted by molar-refractivity contribution is 0.415. The molecule has 0 aliphatic rings. The van der Waals surface area contributed by atoms with Gasteiger partial charge in [0.1, 0.15) is 11.5 Å². The average molecular weight is 743 g/mol. The number of rotatable bonds is 4. The molecule has 0 bridgehead atoms. The van der Waals surface area contributed by atoms with Gasteiger partial charge in [-0.15, -0.1) is 0 Å². The van der Waals surface area contributed by atoms with Crippen molar-refractivity contribution in [1.82, 2.24) is 0 Å². The zero-order valence-corrected chi connectivity index (χ0v) is 27.7. The third-order valence-corrected chi connectivity index (χ3v) is 10.9. The molecule has 44 heavy (non-hydrogen) atoms. The Balaban J connectivity index is 1.65. The summed E-state index contributed by atoms with van der Waals surface area (Å²) in [5, 5.41) is 15.5. The third-order valence-electron chi connectivity index (χ3n) is 9.31. The summed E-state index contributed by atoms with van der Waals surface area (Å²) in [6.07, 6.45) is 0. The Morgan fingerprint density at radius 1 is 0.432 bits per heavy atom. The van der Waals surface area contributed by atoms with Gasteiger partial charge in [-0.05, 0) is 146 Å². The smallest absolute Gasteiger partial charge is 0.118 e. The SMILES string of the molecule is COc1ccc(-c2c3c4ccc(Br)c5cccc(c3c(-c3ccc(OC)cc3)c3c6ccc(I)c7cccc(c23)c76)c54)cc1. The molecule has 0 unspecified atom stereocenters. The van der Waals surface area contributed by atoms with Crippen molar-refractivity contribution in [3.8, 4) is 33.8 Å². The molecular weight excluding hydrogens is 719 g/mol. The molecular formula is C40H24BrIO2. The van der Waals surface area contributed by atoms with E-state index in [0.29, 0.717) is 0 Å². The van der Waals surface area contributed by atoms with E-state index in [9.17, 15) is 0 Å². The minimum Gasteiger partial charge on any atom is -0.497 e. The van der Waals surface area contributed by atoms with Crippen LogP contribution in [0.3, 0.4) is 0 Å². The van der Waals surface area contributed by atoms with E-state index in [4.69, 9.17) is 9.47 Å². The van der Waals surface area contributed by atoms with Crippen LogP contribution in [0, 0.1) is 3.57 Å². The van der Waals surface area contributed by atoms with E-state index in [0.717, 1.165) is 16.0 Å². The van der Waals surface area contributed by atoms with Crippen molar-refractivity contribution >= 4 is 103 Å². The maximum absolute atomic E-state index is 5.59. The molecule has 9 aromatic rings. The molecule has 0 N–H and O–H groups in total. The van der Waals surface area contributed by atoms with Crippen LogP contribution in [-0.4, -0.2) is 14.2 Å². The molecule has 4 heteroatoms. The summed E-state index contributed by atoms with van der Waals surface area (Å²) in [6.45, 7) is 0. The van der Waals surface area contributed by atoms with E-state index in [1.165, 1.54) is 90.5 Å². The average Bonchev–Trinajstić information content (AvgIpc) is 3.58. The lowest BCUT2D eigenvalue weighted by atomic mass is 9.87. The number of hydrogen-bond acceptors (Lipinski definition) is 2. The Morgan fingerprint density at radius 3 is 1.34 bits per heavy atom. The van der Waals surface area contributed by atoms with E-state index in [2.05, 4.69) is 148 Å². The van der Waals surface area contributed by atoms with Gasteiger partial charge in [0.15, 0.2) is 0 Å². The Morgan fingerprint density at radius 2 is 0.841 bits per heavy atom. The van der Waals surface area contributed by atoms with Crippen LogP contribution in [0.5, 0.6) is 11.5 Å². The molecule has 0 atom stereocenters. The first-order valence-electron chi connectivity index (χ1n) is 14.6. The highest BCUT2D eigenvalue weighted by molar-refractivity contribution is 14.1. The summed E-state index contributed by atoms with van der Waals surface area (Å²) in [5.74, 6) is 1.71. The highest BCUT2D eigenvalue weighted by atomic mass is 127. The van der Waals surface area contributed by atoms with Gasteiger partial charge in [0.2, 0.25) is 0 Å². The van der Waals surface area contributed by atoms with Gasteiger partial charge in [-0.1, -0.05) is 88.7 Å². The summed E-state index contributed by atoms with van der Waals surface area (Å²) in [6, 6.07) is 39.8. The second-order valence-electron chi connectivity index (χ2n) is 11.4. The number of halogens is 2. The van der Waals surface area contributed by atoms with Gasteiger partial charge in [-0.2, -0.15) is 0 Å². The van der Waals surface area contributed by atoms with Crippen molar-refractivity contribution in [2.75, 3.05) is 14.2 Å². The van der Waals surface area contributed by atoms with Gasteiger partial charge in [-0.25, -0.2) is 0 Å². The predicted molar refractivity (Wildman–Crippen MR) is 198 cm³/mol. The monoisotopic (exact) mass is 742 g/mol. The van der Waals surface area contributed by atoms with Gasteiger partial charge < -0.3 is 9.47 Å². The lowest BCUT2D eigenvalue weighted by Gasteiger charge is -2.16. The van der Waals surface area contributed by atoms with Crippen LogP contribution in [0.1, 0.15) is 0 Å². The standard InChI is InChI=1S/C40H24BrIO2/c1-43-23-13-9-21(10-14-23)33-37-27-7-3-5-25-31(41)19-17-29(35(25)27)39(37)34(22-11-15-24(44-2)16-12-22)38-28-8-4-6-26-32(42)20-18-30(36(26)28)40(33)38/h3-20H,1-2H3. The fourth-order valence-corrected chi connectivity index (χ4v) is 8.59. The normalized spacial score (nSPS) is 12.1. The van der Waals surface area contributed by atoms with E-state index in [1.54, 1.807) is 14.2 Å². The fourth-order valence-electron chi connectivity index (χ4n) is 7.50. The Labute approximate surface area is 276 Å². The van der Waals surface area contributed by atoms with E-state index in [-0.39, 0.29) is 0 Å². The van der Waals surface area contributed by atoms with Gasteiger partial charge >= 0.3 is 0 Å². The molecule has 9 aromatic carbocycles. The van der Waals surface area contributed by atoms with E-state index >= 15 is 0 Å². The highest BCUT2D eigenvalue weighted by Crippen LogP contribution is 2.56. The zero-order chi connectivity index (χ0) is 29.7. The quantitative estimate of drug-likeness (QED) is 0.167. The van der Waals surface area contributed by atoms with Crippen LogP contribution < -0.4 is 9.47 Å². The molecule has 0 aliphatic heterocycles. The minimum absolute atomic E-state index is 0.853. The topological polar surface area (TPSA) is 18.5 Å². The van der Waals surface area contributed by atoms with Crippen LogP contribution in [0.2, 0.25) is 0 Å². The number of ether oxygens (including phenoxy) is 2. The second-order valence-corrected chi connectivity index (χ2v) is 13.4. The molecule has 0 fully saturated rings. The molecule has 0 heterocycles. The van der Waals surface area contributed by atoms with Crippen molar-refractivity contribution in [1.29, 1.82) is 0 Å². The summed E-state index contributed by atoms with van der Waals surface area (Å²) in [7, 11) is 3.45. The van der Waals surface area contributed by atoms with Crippen LogP contribution in [0.15, 0.2) is 114 Å². The van der Waals surface area contributed by atoms with Gasteiger partial charge in [0.05, 0.1) is 14.2 Å².